The van der Waals surface area contributed by atoms with Crippen LogP contribution < -0.4 is 0 Å². The van der Waals surface area contributed by atoms with Crippen LogP contribution in [0.15, 0.2) is 84.9 Å². The third-order valence-corrected chi connectivity index (χ3v) is 4.79. The highest BCUT2D eigenvalue weighted by molar-refractivity contribution is 6.30. The molecule has 132 valence electrons. The van der Waals surface area contributed by atoms with Gasteiger partial charge in [-0.3, -0.25) is 0 Å². The van der Waals surface area contributed by atoms with E-state index in [2.05, 4.69) is 0 Å². The molecule has 0 atom stereocenters. The molecule has 1 nitrogen and oxygen atoms in total. The molecule has 4 aromatic rings. The van der Waals surface area contributed by atoms with Crippen molar-refractivity contribution in [3.8, 4) is 33.6 Å². The predicted octanol–water partition coefficient (Wildman–Crippen LogP) is 7.53. The molecule has 0 saturated heterocycles. The average Bonchev–Trinajstić information content (AvgIpc) is 2.69. The van der Waals surface area contributed by atoms with E-state index in [4.69, 9.17) is 28.2 Å². The second kappa shape index (κ2) is 7.51. The summed E-state index contributed by atoms with van der Waals surface area (Å²) < 4.78 is 14.4. The molecule has 0 radical (unpaired) electrons. The lowest BCUT2D eigenvalue weighted by molar-refractivity contribution is 0.631. The largest absolute Gasteiger partial charge is 0.248 e. The lowest BCUT2D eigenvalue weighted by Crippen LogP contribution is -1.92. The molecule has 0 saturated carbocycles. The van der Waals surface area contributed by atoms with Gasteiger partial charge in [-0.1, -0.05) is 65.7 Å². The molecule has 0 fully saturated rings. The molecular weight excluding hydrogens is 380 g/mol. The lowest BCUT2D eigenvalue weighted by Gasteiger charge is -2.11. The first kappa shape index (κ1) is 17.7. The first-order valence-corrected chi connectivity index (χ1v) is 9.14. The second-order valence-electron chi connectivity index (χ2n) is 6.12. The molecule has 0 N–H and O–H groups in total. The zero-order chi connectivity index (χ0) is 18.8. The van der Waals surface area contributed by atoms with Crippen molar-refractivity contribution in [3.63, 3.8) is 0 Å². The van der Waals surface area contributed by atoms with E-state index in [9.17, 15) is 4.39 Å². The Kier molecular flexibility index (Phi) is 4.93. The lowest BCUT2D eigenvalue weighted by atomic mass is 9.99. The molecule has 0 aliphatic heterocycles. The van der Waals surface area contributed by atoms with E-state index in [1.807, 2.05) is 66.7 Å². The Morgan fingerprint density at radius 2 is 1.07 bits per heavy atom. The SMILES string of the molecule is Fc1ccccc1-c1cc(-c2ccc(Cl)cc2)nc(-c2ccc(Cl)cc2)c1. The first-order valence-electron chi connectivity index (χ1n) is 8.39. The van der Waals surface area contributed by atoms with Crippen molar-refractivity contribution < 1.29 is 4.39 Å². The van der Waals surface area contributed by atoms with E-state index < -0.39 is 0 Å². The number of pyridine rings is 1. The fraction of sp³-hybridized carbons (Fsp3) is 0. The topological polar surface area (TPSA) is 12.9 Å². The highest BCUT2D eigenvalue weighted by Gasteiger charge is 2.11. The Labute approximate surface area is 167 Å². The van der Waals surface area contributed by atoms with Crippen LogP contribution in [0.4, 0.5) is 4.39 Å². The van der Waals surface area contributed by atoms with Crippen LogP contribution in [0.25, 0.3) is 33.6 Å². The van der Waals surface area contributed by atoms with E-state index in [-0.39, 0.29) is 5.82 Å². The summed E-state index contributed by atoms with van der Waals surface area (Å²) in [4.78, 5) is 4.78. The monoisotopic (exact) mass is 393 g/mol. The van der Waals surface area contributed by atoms with E-state index in [1.165, 1.54) is 6.07 Å². The number of nitrogens with zero attached hydrogens (tertiary/aromatic N) is 1. The van der Waals surface area contributed by atoms with Crippen molar-refractivity contribution in [3.05, 3.63) is 101 Å². The van der Waals surface area contributed by atoms with E-state index in [0.29, 0.717) is 15.6 Å². The maximum absolute atomic E-state index is 14.4. The van der Waals surface area contributed by atoms with Crippen molar-refractivity contribution in [1.82, 2.24) is 4.98 Å². The maximum Gasteiger partial charge on any atom is 0.131 e. The summed E-state index contributed by atoms with van der Waals surface area (Å²) in [5.74, 6) is -0.271. The quantitative estimate of drug-likeness (QED) is 0.350. The van der Waals surface area contributed by atoms with Crippen molar-refractivity contribution >= 4 is 23.2 Å². The van der Waals surface area contributed by atoms with Crippen molar-refractivity contribution in [1.29, 1.82) is 0 Å². The van der Waals surface area contributed by atoms with Crippen LogP contribution in [0.5, 0.6) is 0 Å². The van der Waals surface area contributed by atoms with Gasteiger partial charge in [0.25, 0.3) is 0 Å². The summed E-state index contributed by atoms with van der Waals surface area (Å²) >= 11 is 12.0. The predicted molar refractivity (Wildman–Crippen MR) is 111 cm³/mol. The van der Waals surface area contributed by atoms with Crippen LogP contribution in [-0.2, 0) is 0 Å². The number of hydrogen-bond acceptors (Lipinski definition) is 1. The molecule has 4 rings (SSSR count). The molecule has 1 heterocycles. The highest BCUT2D eigenvalue weighted by atomic mass is 35.5. The smallest absolute Gasteiger partial charge is 0.131 e. The van der Waals surface area contributed by atoms with Gasteiger partial charge >= 0.3 is 0 Å². The molecule has 4 heteroatoms. The second-order valence-corrected chi connectivity index (χ2v) is 6.99. The standard InChI is InChI=1S/C23H14Cl2FN/c24-18-9-5-15(6-10-18)22-13-17(20-3-1-2-4-21(20)26)14-23(27-22)16-7-11-19(25)12-8-16/h1-14H. The zero-order valence-electron chi connectivity index (χ0n) is 14.2. The Morgan fingerprint density at radius 1 is 0.593 bits per heavy atom. The summed E-state index contributed by atoms with van der Waals surface area (Å²) in [6.45, 7) is 0. The molecule has 0 bridgehead atoms. The molecule has 1 aromatic heterocycles. The van der Waals surface area contributed by atoms with Gasteiger partial charge in [-0.2, -0.15) is 0 Å². The molecule has 27 heavy (non-hydrogen) atoms. The van der Waals surface area contributed by atoms with Gasteiger partial charge in [-0.25, -0.2) is 9.37 Å². The summed E-state index contributed by atoms with van der Waals surface area (Å²) in [6.07, 6.45) is 0. The van der Waals surface area contributed by atoms with Gasteiger partial charge in [0.1, 0.15) is 5.82 Å². The van der Waals surface area contributed by atoms with Crippen LogP contribution in [0.2, 0.25) is 10.0 Å². The molecule has 0 amide bonds. The van der Waals surface area contributed by atoms with Crippen LogP contribution >= 0.6 is 23.2 Å². The Morgan fingerprint density at radius 3 is 1.56 bits per heavy atom. The van der Waals surface area contributed by atoms with Crippen LogP contribution in [0.1, 0.15) is 0 Å². The number of aromatic nitrogens is 1. The van der Waals surface area contributed by atoms with Crippen molar-refractivity contribution in [2.45, 2.75) is 0 Å². The fourth-order valence-corrected chi connectivity index (χ4v) is 3.17. The molecular formula is C23H14Cl2FN. The van der Waals surface area contributed by atoms with Crippen LogP contribution in [0, 0.1) is 5.82 Å². The van der Waals surface area contributed by atoms with Crippen molar-refractivity contribution in [2.24, 2.45) is 0 Å². The maximum atomic E-state index is 14.4. The van der Waals surface area contributed by atoms with Gasteiger partial charge in [-0.05, 0) is 48.0 Å². The Balaban J connectivity index is 1.92. The minimum Gasteiger partial charge on any atom is -0.248 e. The Hall–Kier alpha value is -2.68. The number of halogens is 3. The van der Waals surface area contributed by atoms with Crippen LogP contribution in [0.3, 0.4) is 0 Å². The third-order valence-electron chi connectivity index (χ3n) is 4.29. The summed E-state index contributed by atoms with van der Waals surface area (Å²) in [6, 6.07) is 25.4. The third kappa shape index (κ3) is 3.87. The molecule has 0 aliphatic carbocycles. The summed E-state index contributed by atoms with van der Waals surface area (Å²) in [5.41, 5.74) is 4.61. The van der Waals surface area contributed by atoms with Crippen molar-refractivity contribution in [2.75, 3.05) is 0 Å². The number of benzene rings is 3. The highest BCUT2D eigenvalue weighted by Crippen LogP contribution is 2.32. The number of hydrogen-bond donors (Lipinski definition) is 0. The van der Waals surface area contributed by atoms with Gasteiger partial charge in [0.05, 0.1) is 11.4 Å². The average molecular weight is 394 g/mol. The minimum absolute atomic E-state index is 0.271. The fourth-order valence-electron chi connectivity index (χ4n) is 2.92. The minimum atomic E-state index is -0.271. The van der Waals surface area contributed by atoms with Gasteiger partial charge in [0.15, 0.2) is 0 Å². The molecule has 0 aliphatic rings. The first-order chi connectivity index (χ1) is 13.1. The normalized spacial score (nSPS) is 10.8. The molecule has 3 aromatic carbocycles. The van der Waals surface area contributed by atoms with Gasteiger partial charge < -0.3 is 0 Å². The van der Waals surface area contributed by atoms with Gasteiger partial charge in [-0.15, -0.1) is 0 Å². The number of rotatable bonds is 3. The van der Waals surface area contributed by atoms with E-state index in [1.54, 1.807) is 12.1 Å². The van der Waals surface area contributed by atoms with Gasteiger partial charge in [0, 0.05) is 26.7 Å². The molecule has 0 spiro atoms. The van der Waals surface area contributed by atoms with E-state index >= 15 is 0 Å². The summed E-state index contributed by atoms with van der Waals surface area (Å²) in [7, 11) is 0. The van der Waals surface area contributed by atoms with E-state index in [0.717, 1.165) is 28.1 Å². The molecule has 0 unspecified atom stereocenters. The summed E-state index contributed by atoms with van der Waals surface area (Å²) in [5, 5.41) is 1.31. The van der Waals surface area contributed by atoms with Gasteiger partial charge in [0.2, 0.25) is 0 Å². The van der Waals surface area contributed by atoms with Crippen LogP contribution in [-0.4, -0.2) is 4.98 Å². The Bertz CT molecular complexity index is 1030. The zero-order valence-corrected chi connectivity index (χ0v) is 15.7.